The number of aliphatic hydroxyl groups excluding tert-OH is 1. The van der Waals surface area contributed by atoms with E-state index in [-0.39, 0.29) is 6.10 Å². The molecule has 14 heavy (non-hydrogen) atoms. The van der Waals surface area contributed by atoms with Crippen LogP contribution in [0.2, 0.25) is 5.02 Å². The van der Waals surface area contributed by atoms with Crippen molar-refractivity contribution in [3.05, 3.63) is 34.9 Å². The van der Waals surface area contributed by atoms with Crippen LogP contribution in [-0.4, -0.2) is 11.2 Å². The van der Waals surface area contributed by atoms with Gasteiger partial charge in [-0.05, 0) is 43.4 Å². The molecule has 2 heteroatoms. The second kappa shape index (κ2) is 6.05. The van der Waals surface area contributed by atoms with Crippen LogP contribution in [-0.2, 0) is 6.42 Å². The Morgan fingerprint density at radius 3 is 2.50 bits per heavy atom. The van der Waals surface area contributed by atoms with Gasteiger partial charge in [-0.25, -0.2) is 0 Å². The van der Waals surface area contributed by atoms with Crippen LogP contribution in [0.3, 0.4) is 0 Å². The molecule has 1 aromatic carbocycles. The van der Waals surface area contributed by atoms with Gasteiger partial charge >= 0.3 is 0 Å². The third-order valence-electron chi connectivity index (χ3n) is 2.39. The van der Waals surface area contributed by atoms with Crippen LogP contribution in [0.25, 0.3) is 0 Å². The number of benzene rings is 1. The molecule has 1 nitrogen and oxygen atoms in total. The van der Waals surface area contributed by atoms with Crippen molar-refractivity contribution in [1.82, 2.24) is 0 Å². The fraction of sp³-hybridized carbons (Fsp3) is 0.500. The van der Waals surface area contributed by atoms with Gasteiger partial charge in [-0.2, -0.15) is 0 Å². The second-order valence-electron chi connectivity index (χ2n) is 3.58. The first-order valence-corrected chi connectivity index (χ1v) is 5.52. The van der Waals surface area contributed by atoms with Gasteiger partial charge in [0.25, 0.3) is 0 Å². The molecule has 1 atom stereocenters. The molecule has 0 aliphatic rings. The lowest BCUT2D eigenvalue weighted by Gasteiger charge is -2.06. The zero-order valence-electron chi connectivity index (χ0n) is 8.54. The SMILES string of the molecule is CCC(O)CCCc1ccc(Cl)cc1. The molecule has 0 bridgehead atoms. The Kier molecular flexibility index (Phi) is 4.99. The average Bonchev–Trinajstić information content (AvgIpc) is 2.21. The predicted octanol–water partition coefficient (Wildman–Crippen LogP) is 3.43. The molecule has 0 spiro atoms. The fourth-order valence-corrected chi connectivity index (χ4v) is 1.52. The van der Waals surface area contributed by atoms with E-state index in [1.807, 2.05) is 31.2 Å². The molecule has 0 fully saturated rings. The minimum absolute atomic E-state index is 0.137. The normalized spacial score (nSPS) is 12.8. The monoisotopic (exact) mass is 212 g/mol. The molecule has 78 valence electrons. The highest BCUT2D eigenvalue weighted by Gasteiger charge is 2.00. The molecule has 0 aliphatic carbocycles. The Balaban J connectivity index is 2.28. The minimum Gasteiger partial charge on any atom is -0.393 e. The highest BCUT2D eigenvalue weighted by atomic mass is 35.5. The molecule has 0 aliphatic heterocycles. The summed E-state index contributed by atoms with van der Waals surface area (Å²) in [5.74, 6) is 0. The van der Waals surface area contributed by atoms with Crippen molar-refractivity contribution in [3.63, 3.8) is 0 Å². The van der Waals surface area contributed by atoms with E-state index in [1.165, 1.54) is 5.56 Å². The molecule has 1 N–H and O–H groups in total. The van der Waals surface area contributed by atoms with E-state index in [1.54, 1.807) is 0 Å². The summed E-state index contributed by atoms with van der Waals surface area (Å²) in [5.41, 5.74) is 1.29. The summed E-state index contributed by atoms with van der Waals surface area (Å²) in [4.78, 5) is 0. The molecule has 1 aromatic rings. The maximum Gasteiger partial charge on any atom is 0.0537 e. The number of hydrogen-bond donors (Lipinski definition) is 1. The lowest BCUT2D eigenvalue weighted by molar-refractivity contribution is 0.158. The van der Waals surface area contributed by atoms with E-state index in [0.29, 0.717) is 0 Å². The molecule has 1 unspecified atom stereocenters. The van der Waals surface area contributed by atoms with Crippen LogP contribution in [0.1, 0.15) is 31.7 Å². The maximum atomic E-state index is 9.36. The van der Waals surface area contributed by atoms with E-state index in [2.05, 4.69) is 0 Å². The third-order valence-corrected chi connectivity index (χ3v) is 2.64. The quantitative estimate of drug-likeness (QED) is 0.793. The first-order valence-electron chi connectivity index (χ1n) is 5.15. The van der Waals surface area contributed by atoms with Gasteiger partial charge in [-0.3, -0.25) is 0 Å². The molecular formula is C12H17ClO. The number of aliphatic hydroxyl groups is 1. The van der Waals surface area contributed by atoms with Crippen LogP contribution in [0.5, 0.6) is 0 Å². The highest BCUT2D eigenvalue weighted by Crippen LogP contribution is 2.12. The van der Waals surface area contributed by atoms with E-state index >= 15 is 0 Å². The molecule has 0 saturated heterocycles. The van der Waals surface area contributed by atoms with E-state index in [4.69, 9.17) is 11.6 Å². The topological polar surface area (TPSA) is 20.2 Å². The first-order chi connectivity index (χ1) is 6.72. The summed E-state index contributed by atoms with van der Waals surface area (Å²) in [6, 6.07) is 7.90. The summed E-state index contributed by atoms with van der Waals surface area (Å²) in [5, 5.41) is 10.1. The van der Waals surface area contributed by atoms with E-state index < -0.39 is 0 Å². The largest absolute Gasteiger partial charge is 0.393 e. The standard InChI is InChI=1S/C12H17ClO/c1-2-12(14)5-3-4-10-6-8-11(13)9-7-10/h6-9,12,14H,2-5H2,1H3. The first kappa shape index (κ1) is 11.5. The zero-order chi connectivity index (χ0) is 10.4. The van der Waals surface area contributed by atoms with Crippen LogP contribution in [0, 0.1) is 0 Å². The van der Waals surface area contributed by atoms with Crippen LogP contribution in [0.15, 0.2) is 24.3 Å². The third kappa shape index (κ3) is 4.12. The van der Waals surface area contributed by atoms with Crippen molar-refractivity contribution in [2.45, 2.75) is 38.7 Å². The van der Waals surface area contributed by atoms with Crippen molar-refractivity contribution in [3.8, 4) is 0 Å². The summed E-state index contributed by atoms with van der Waals surface area (Å²) in [6.45, 7) is 2.01. The lowest BCUT2D eigenvalue weighted by atomic mass is 10.1. The number of rotatable bonds is 5. The Morgan fingerprint density at radius 1 is 1.29 bits per heavy atom. The number of aryl methyl sites for hydroxylation is 1. The van der Waals surface area contributed by atoms with Crippen LogP contribution in [0.4, 0.5) is 0 Å². The Hall–Kier alpha value is -0.530. The van der Waals surface area contributed by atoms with Crippen molar-refractivity contribution < 1.29 is 5.11 Å². The molecule has 0 radical (unpaired) electrons. The highest BCUT2D eigenvalue weighted by molar-refractivity contribution is 6.30. The van der Waals surface area contributed by atoms with E-state index in [0.717, 1.165) is 30.7 Å². The molecular weight excluding hydrogens is 196 g/mol. The Morgan fingerprint density at radius 2 is 1.93 bits per heavy atom. The zero-order valence-corrected chi connectivity index (χ0v) is 9.30. The van der Waals surface area contributed by atoms with Crippen molar-refractivity contribution in [1.29, 1.82) is 0 Å². The molecule has 0 heterocycles. The van der Waals surface area contributed by atoms with Gasteiger partial charge in [0.05, 0.1) is 6.10 Å². The molecule has 1 rings (SSSR count). The summed E-state index contributed by atoms with van der Waals surface area (Å²) in [7, 11) is 0. The van der Waals surface area contributed by atoms with Gasteiger partial charge in [0.15, 0.2) is 0 Å². The summed E-state index contributed by atoms with van der Waals surface area (Å²) >= 11 is 5.78. The Labute approximate surface area is 90.7 Å². The van der Waals surface area contributed by atoms with Gasteiger partial charge in [0.2, 0.25) is 0 Å². The molecule has 0 amide bonds. The molecule has 0 saturated carbocycles. The Bertz CT molecular complexity index is 256. The lowest BCUT2D eigenvalue weighted by Crippen LogP contribution is -2.04. The minimum atomic E-state index is -0.137. The van der Waals surface area contributed by atoms with Gasteiger partial charge in [-0.1, -0.05) is 30.7 Å². The van der Waals surface area contributed by atoms with Crippen molar-refractivity contribution >= 4 is 11.6 Å². The van der Waals surface area contributed by atoms with E-state index in [9.17, 15) is 5.11 Å². The van der Waals surface area contributed by atoms with Gasteiger partial charge < -0.3 is 5.11 Å². The number of hydrogen-bond acceptors (Lipinski definition) is 1. The van der Waals surface area contributed by atoms with Gasteiger partial charge in [0.1, 0.15) is 0 Å². The second-order valence-corrected chi connectivity index (χ2v) is 4.02. The van der Waals surface area contributed by atoms with Crippen molar-refractivity contribution in [2.24, 2.45) is 0 Å². The van der Waals surface area contributed by atoms with Crippen LogP contribution >= 0.6 is 11.6 Å². The van der Waals surface area contributed by atoms with Crippen LogP contribution < -0.4 is 0 Å². The van der Waals surface area contributed by atoms with Gasteiger partial charge in [0, 0.05) is 5.02 Å². The van der Waals surface area contributed by atoms with Gasteiger partial charge in [-0.15, -0.1) is 0 Å². The average molecular weight is 213 g/mol. The summed E-state index contributed by atoms with van der Waals surface area (Å²) < 4.78 is 0. The number of halogens is 1. The maximum absolute atomic E-state index is 9.36. The van der Waals surface area contributed by atoms with Crippen molar-refractivity contribution in [2.75, 3.05) is 0 Å². The smallest absolute Gasteiger partial charge is 0.0537 e. The predicted molar refractivity (Wildman–Crippen MR) is 60.7 cm³/mol. The molecule has 0 aromatic heterocycles. The fourth-order valence-electron chi connectivity index (χ4n) is 1.40. The summed E-state index contributed by atoms with van der Waals surface area (Å²) in [6.07, 6.45) is 3.66.